The number of nitrogens with two attached hydrogens (primary N) is 4. The predicted octanol–water partition coefficient (Wildman–Crippen LogP) is -3.76. The van der Waals surface area contributed by atoms with Crippen LogP contribution in [0.4, 0.5) is 0 Å². The Labute approximate surface area is 190 Å². The summed E-state index contributed by atoms with van der Waals surface area (Å²) in [5, 5.41) is 13.6. The summed E-state index contributed by atoms with van der Waals surface area (Å²) in [6.07, 6.45) is 1.31. The van der Waals surface area contributed by atoms with Crippen LogP contribution in [0.25, 0.3) is 0 Å². The zero-order chi connectivity index (χ0) is 25.1. The number of carboxylic acid groups (broad SMARTS) is 1. The van der Waals surface area contributed by atoms with Crippen molar-refractivity contribution in [1.29, 1.82) is 0 Å². The number of carboxylic acids is 1. The number of carbonyl (C=O) groups is 6. The van der Waals surface area contributed by atoms with Gasteiger partial charge >= 0.3 is 5.97 Å². The van der Waals surface area contributed by atoms with Crippen LogP contribution in [0.3, 0.4) is 0 Å². The summed E-state index contributed by atoms with van der Waals surface area (Å²) in [7, 11) is 0. The molecule has 186 valence electrons. The molecule has 14 nitrogen and oxygen atoms in total. The van der Waals surface area contributed by atoms with Crippen LogP contribution in [0, 0.1) is 0 Å². The number of likely N-dealkylation sites (tertiary alicyclic amines) is 1. The Balaban J connectivity index is 2.88. The number of nitrogens with zero attached hydrogens (tertiary/aromatic N) is 1. The third-order valence-electron chi connectivity index (χ3n) is 5.18. The van der Waals surface area contributed by atoms with Crippen LogP contribution in [0.15, 0.2) is 0 Å². The Kier molecular flexibility index (Phi) is 11.2. The molecule has 0 aromatic heterocycles. The van der Waals surface area contributed by atoms with Gasteiger partial charge in [-0.05, 0) is 32.2 Å². The van der Waals surface area contributed by atoms with Crippen LogP contribution >= 0.6 is 0 Å². The number of amides is 5. The molecule has 0 bridgehead atoms. The lowest BCUT2D eigenvalue weighted by Crippen LogP contribution is -2.57. The van der Waals surface area contributed by atoms with Crippen LogP contribution in [0.1, 0.15) is 44.9 Å². The number of hydrogen-bond donors (Lipinski definition) is 7. The molecule has 5 amide bonds. The fourth-order valence-electron chi connectivity index (χ4n) is 3.50. The highest BCUT2D eigenvalue weighted by Crippen LogP contribution is 2.19. The lowest BCUT2D eigenvalue weighted by Gasteiger charge is -2.28. The quantitative estimate of drug-likeness (QED) is 0.123. The van der Waals surface area contributed by atoms with E-state index in [2.05, 4.69) is 10.6 Å². The molecule has 1 aliphatic rings. The van der Waals surface area contributed by atoms with Gasteiger partial charge in [0.25, 0.3) is 0 Å². The summed E-state index contributed by atoms with van der Waals surface area (Å²) >= 11 is 0. The second-order valence-electron chi connectivity index (χ2n) is 7.88. The zero-order valence-corrected chi connectivity index (χ0v) is 18.3. The highest BCUT2D eigenvalue weighted by molar-refractivity contribution is 5.97. The number of carbonyl (C=O) groups excluding carboxylic acids is 5. The predicted molar refractivity (Wildman–Crippen MR) is 115 cm³/mol. The van der Waals surface area contributed by atoms with Crippen molar-refractivity contribution in [3.63, 3.8) is 0 Å². The molecule has 0 aromatic carbocycles. The monoisotopic (exact) mass is 471 g/mol. The number of unbranched alkanes of at least 4 members (excludes halogenated alkanes) is 1. The number of nitrogens with one attached hydrogen (secondary N) is 2. The van der Waals surface area contributed by atoms with Crippen molar-refractivity contribution in [2.45, 2.75) is 69.1 Å². The normalized spacial score (nSPS) is 18.1. The summed E-state index contributed by atoms with van der Waals surface area (Å²) in [5.41, 5.74) is 21.5. The van der Waals surface area contributed by atoms with Crippen molar-refractivity contribution in [2.24, 2.45) is 22.9 Å². The average molecular weight is 472 g/mol. The first kappa shape index (κ1) is 27.8. The molecule has 0 radical (unpaired) electrons. The van der Waals surface area contributed by atoms with E-state index >= 15 is 0 Å². The third kappa shape index (κ3) is 9.02. The molecule has 1 heterocycles. The van der Waals surface area contributed by atoms with Crippen LogP contribution in [0.5, 0.6) is 0 Å². The van der Waals surface area contributed by atoms with E-state index in [0.29, 0.717) is 45.2 Å². The molecular weight excluding hydrogens is 438 g/mol. The minimum Gasteiger partial charge on any atom is -0.480 e. The van der Waals surface area contributed by atoms with Crippen LogP contribution in [0.2, 0.25) is 0 Å². The second-order valence-corrected chi connectivity index (χ2v) is 7.88. The molecule has 4 unspecified atom stereocenters. The molecule has 0 aromatic rings. The Morgan fingerprint density at radius 3 is 2.12 bits per heavy atom. The topological polar surface area (TPSA) is 254 Å². The van der Waals surface area contributed by atoms with Gasteiger partial charge in [-0.2, -0.15) is 0 Å². The molecule has 1 saturated heterocycles. The van der Waals surface area contributed by atoms with E-state index < -0.39 is 72.5 Å². The Morgan fingerprint density at radius 1 is 0.970 bits per heavy atom. The fourth-order valence-corrected chi connectivity index (χ4v) is 3.50. The lowest BCUT2D eigenvalue weighted by atomic mass is 10.1. The van der Waals surface area contributed by atoms with Crippen molar-refractivity contribution in [3.8, 4) is 0 Å². The maximum atomic E-state index is 12.9. The Bertz CT molecular complexity index is 761. The van der Waals surface area contributed by atoms with Crippen molar-refractivity contribution in [1.82, 2.24) is 15.5 Å². The van der Waals surface area contributed by atoms with Crippen molar-refractivity contribution >= 4 is 35.5 Å². The van der Waals surface area contributed by atoms with E-state index in [0.717, 1.165) is 0 Å². The van der Waals surface area contributed by atoms with Crippen molar-refractivity contribution in [3.05, 3.63) is 0 Å². The molecule has 11 N–H and O–H groups in total. The van der Waals surface area contributed by atoms with E-state index in [9.17, 15) is 28.8 Å². The minimum atomic E-state index is -1.65. The molecule has 14 heteroatoms. The second kappa shape index (κ2) is 13.3. The first-order valence-electron chi connectivity index (χ1n) is 10.6. The molecule has 1 rings (SSSR count). The summed E-state index contributed by atoms with van der Waals surface area (Å²) in [6.45, 7) is 0.773. The molecular formula is C19H33N7O7. The Morgan fingerprint density at radius 2 is 1.58 bits per heavy atom. The minimum absolute atomic E-state index is 0.299. The van der Waals surface area contributed by atoms with Crippen LogP contribution in [-0.4, -0.2) is 82.8 Å². The van der Waals surface area contributed by atoms with E-state index in [1.165, 1.54) is 4.90 Å². The fraction of sp³-hybridized carbons (Fsp3) is 0.684. The third-order valence-corrected chi connectivity index (χ3v) is 5.18. The number of hydrogen-bond acceptors (Lipinski definition) is 8. The molecule has 0 spiro atoms. The maximum Gasteiger partial charge on any atom is 0.326 e. The van der Waals surface area contributed by atoms with Gasteiger partial charge in [0.15, 0.2) is 0 Å². The van der Waals surface area contributed by atoms with E-state index in [-0.39, 0.29) is 0 Å². The van der Waals surface area contributed by atoms with Gasteiger partial charge in [0.2, 0.25) is 29.5 Å². The highest BCUT2D eigenvalue weighted by Gasteiger charge is 2.38. The molecule has 1 aliphatic heterocycles. The standard InChI is InChI=1S/C19H33N7O7/c20-6-2-1-4-10(21)18(31)26-7-3-5-13(26)17(30)24-11(8-14(22)27)16(29)25-12(19(32)33)9-15(23)28/h10-13H,1-9,20-21H2,(H2,22,27)(H2,23,28)(H,24,30)(H,25,29)(H,32,33). The number of primary amides is 2. The van der Waals surface area contributed by atoms with Crippen LogP contribution in [-0.2, 0) is 28.8 Å². The first-order valence-corrected chi connectivity index (χ1v) is 10.6. The van der Waals surface area contributed by atoms with Gasteiger partial charge in [0.1, 0.15) is 18.1 Å². The molecule has 0 saturated carbocycles. The molecule has 4 atom stereocenters. The van der Waals surface area contributed by atoms with Crippen molar-refractivity contribution < 1.29 is 33.9 Å². The smallest absolute Gasteiger partial charge is 0.326 e. The van der Waals surface area contributed by atoms with Gasteiger partial charge in [0.05, 0.1) is 18.9 Å². The zero-order valence-electron chi connectivity index (χ0n) is 18.3. The number of aliphatic carboxylic acids is 1. The molecule has 33 heavy (non-hydrogen) atoms. The first-order chi connectivity index (χ1) is 15.5. The van der Waals surface area contributed by atoms with E-state index in [4.69, 9.17) is 28.0 Å². The van der Waals surface area contributed by atoms with Gasteiger partial charge in [-0.1, -0.05) is 6.42 Å². The largest absolute Gasteiger partial charge is 0.480 e. The van der Waals surface area contributed by atoms with Gasteiger partial charge < -0.3 is 43.6 Å². The molecule has 1 fully saturated rings. The molecule has 0 aliphatic carbocycles. The van der Waals surface area contributed by atoms with Gasteiger partial charge in [-0.25, -0.2) is 4.79 Å². The SMILES string of the molecule is NCCCCC(N)C(=O)N1CCCC1C(=O)NC(CC(N)=O)C(=O)NC(CC(N)=O)C(=O)O. The van der Waals surface area contributed by atoms with E-state index in [1.807, 2.05) is 0 Å². The maximum absolute atomic E-state index is 12.9. The lowest BCUT2D eigenvalue weighted by molar-refractivity contribution is -0.144. The summed E-state index contributed by atoms with van der Waals surface area (Å²) in [5.74, 6) is -5.58. The van der Waals surface area contributed by atoms with E-state index in [1.54, 1.807) is 0 Å². The van der Waals surface area contributed by atoms with Crippen LogP contribution < -0.4 is 33.6 Å². The van der Waals surface area contributed by atoms with Gasteiger partial charge in [0, 0.05) is 6.54 Å². The van der Waals surface area contributed by atoms with Gasteiger partial charge in [-0.15, -0.1) is 0 Å². The highest BCUT2D eigenvalue weighted by atomic mass is 16.4. The average Bonchev–Trinajstić information content (AvgIpc) is 3.21. The van der Waals surface area contributed by atoms with Gasteiger partial charge in [-0.3, -0.25) is 24.0 Å². The summed E-state index contributed by atoms with van der Waals surface area (Å²) in [4.78, 5) is 73.1. The summed E-state index contributed by atoms with van der Waals surface area (Å²) < 4.78 is 0. The summed E-state index contributed by atoms with van der Waals surface area (Å²) in [6, 6.07) is -4.89. The number of rotatable bonds is 14. The Hall–Kier alpha value is -3.26. The van der Waals surface area contributed by atoms with Crippen molar-refractivity contribution in [2.75, 3.05) is 13.1 Å².